The molecule has 6 rings (SSSR count). The average Bonchev–Trinajstić information content (AvgIpc) is 3.19. The zero-order valence-electron chi connectivity index (χ0n) is 32.1. The Bertz CT molecular complexity index is 2220. The standard InChI is InChI=1S/C43H51N5O5P2/c1-5-51-54(4,49)32-31-45-23-15-37(16-24-45)38-17-25-46(26-18-38)33-41-9-8-10-42(44-41)34-47-27-19-39(20-28-47)40-21-29-48(30-22-40)43-13-11-36(12-14-43)35-55(50,52-6-2)53-7-3/h8-30H,5-7,31-35H2,1-4H3/q+4. The van der Waals surface area contributed by atoms with Gasteiger partial charge in [0.15, 0.2) is 69.2 Å². The van der Waals surface area contributed by atoms with Crippen molar-refractivity contribution >= 4 is 15.0 Å². The molecule has 284 valence electrons. The molecule has 55 heavy (non-hydrogen) atoms. The Hall–Kier alpha value is -4.69. The van der Waals surface area contributed by atoms with Crippen molar-refractivity contribution in [2.75, 3.05) is 32.6 Å². The number of aryl methyl sites for hydroxylation is 1. The molecular formula is C43H51N5O5P2+4. The Morgan fingerprint density at radius 1 is 0.545 bits per heavy atom. The van der Waals surface area contributed by atoms with Gasteiger partial charge in [0.2, 0.25) is 13.1 Å². The van der Waals surface area contributed by atoms with Crippen LogP contribution in [0.2, 0.25) is 0 Å². The quantitative estimate of drug-likeness (QED) is 0.0670. The van der Waals surface area contributed by atoms with Crippen LogP contribution < -0.4 is 18.3 Å². The summed E-state index contributed by atoms with van der Waals surface area (Å²) in [6.45, 7) is 10.4. The number of benzene rings is 1. The number of nitrogens with zero attached hydrogens (tertiary/aromatic N) is 5. The number of pyridine rings is 5. The van der Waals surface area contributed by atoms with Crippen LogP contribution >= 0.6 is 15.0 Å². The van der Waals surface area contributed by atoms with Gasteiger partial charge in [-0.15, -0.1) is 0 Å². The zero-order valence-corrected chi connectivity index (χ0v) is 33.9. The van der Waals surface area contributed by atoms with Crippen molar-refractivity contribution in [2.24, 2.45) is 0 Å². The average molecular weight is 780 g/mol. The van der Waals surface area contributed by atoms with E-state index in [1.54, 1.807) is 6.66 Å². The van der Waals surface area contributed by atoms with Gasteiger partial charge in [0.1, 0.15) is 11.4 Å². The maximum absolute atomic E-state index is 12.9. The third-order valence-electron chi connectivity index (χ3n) is 9.15. The molecule has 0 bridgehead atoms. The second-order valence-corrected chi connectivity index (χ2v) is 18.2. The van der Waals surface area contributed by atoms with Crippen molar-refractivity contribution in [3.63, 3.8) is 0 Å². The maximum atomic E-state index is 12.9. The van der Waals surface area contributed by atoms with Gasteiger partial charge in [-0.3, -0.25) is 9.13 Å². The Balaban J connectivity index is 1.02. The number of aromatic nitrogens is 5. The van der Waals surface area contributed by atoms with Gasteiger partial charge in [-0.2, -0.15) is 13.7 Å². The van der Waals surface area contributed by atoms with Crippen LogP contribution in [-0.4, -0.2) is 37.6 Å². The summed E-state index contributed by atoms with van der Waals surface area (Å²) in [4.78, 5) is 4.96. The minimum atomic E-state index is -3.14. The van der Waals surface area contributed by atoms with Gasteiger partial charge in [0, 0.05) is 67.3 Å². The van der Waals surface area contributed by atoms with E-state index in [2.05, 4.69) is 105 Å². The van der Waals surface area contributed by atoms with Crippen molar-refractivity contribution in [1.29, 1.82) is 0 Å². The summed E-state index contributed by atoms with van der Waals surface area (Å²) >= 11 is 0. The van der Waals surface area contributed by atoms with E-state index in [1.807, 2.05) is 74.4 Å². The summed E-state index contributed by atoms with van der Waals surface area (Å²) in [5.41, 5.74) is 8.42. The number of hydrogen-bond acceptors (Lipinski definition) is 6. The summed E-state index contributed by atoms with van der Waals surface area (Å²) in [6.07, 6.45) is 17.3. The van der Waals surface area contributed by atoms with E-state index in [-0.39, 0.29) is 6.16 Å². The van der Waals surface area contributed by atoms with E-state index >= 15 is 0 Å². The molecule has 0 amide bonds. The Kier molecular flexibility index (Phi) is 13.6. The molecule has 0 aliphatic carbocycles. The van der Waals surface area contributed by atoms with E-state index in [4.69, 9.17) is 18.6 Å². The third kappa shape index (κ3) is 11.4. The Labute approximate surface area is 324 Å². The van der Waals surface area contributed by atoms with Crippen LogP contribution in [0.25, 0.3) is 27.9 Å². The molecule has 0 saturated carbocycles. The first-order valence-corrected chi connectivity index (χ1v) is 22.8. The van der Waals surface area contributed by atoms with E-state index < -0.39 is 15.0 Å². The minimum absolute atomic E-state index is 0.252. The summed E-state index contributed by atoms with van der Waals surface area (Å²) in [5.74, 6) is 0. The van der Waals surface area contributed by atoms with Crippen LogP contribution in [-0.2, 0) is 48.5 Å². The lowest BCUT2D eigenvalue weighted by Gasteiger charge is -2.16. The second kappa shape index (κ2) is 18.8. The monoisotopic (exact) mass is 779 g/mol. The molecule has 5 aromatic heterocycles. The van der Waals surface area contributed by atoms with E-state index in [0.29, 0.717) is 45.6 Å². The van der Waals surface area contributed by atoms with E-state index in [9.17, 15) is 9.13 Å². The third-order valence-corrected chi connectivity index (χ3v) is 13.0. The lowest BCUT2D eigenvalue weighted by molar-refractivity contribution is -0.692. The summed E-state index contributed by atoms with van der Waals surface area (Å²) in [7, 11) is -5.70. The molecule has 0 aliphatic rings. The molecule has 1 atom stereocenters. The first-order valence-electron chi connectivity index (χ1n) is 18.8. The largest absolute Gasteiger partial charge is 0.335 e. The first kappa shape index (κ1) is 40.0. The molecule has 10 nitrogen and oxygen atoms in total. The minimum Gasteiger partial charge on any atom is -0.329 e. The van der Waals surface area contributed by atoms with Gasteiger partial charge in [-0.25, -0.2) is 9.55 Å². The van der Waals surface area contributed by atoms with Crippen molar-refractivity contribution in [1.82, 2.24) is 4.98 Å². The van der Waals surface area contributed by atoms with Gasteiger partial charge in [-0.05, 0) is 60.7 Å². The zero-order chi connectivity index (χ0) is 38.7. The molecule has 0 radical (unpaired) electrons. The summed E-state index contributed by atoms with van der Waals surface area (Å²) < 4.78 is 50.0. The van der Waals surface area contributed by atoms with Crippen LogP contribution in [0.3, 0.4) is 0 Å². The molecule has 0 saturated heterocycles. The molecule has 0 N–H and O–H groups in total. The number of rotatable bonds is 18. The summed E-state index contributed by atoms with van der Waals surface area (Å²) in [5, 5.41) is 0. The van der Waals surface area contributed by atoms with Gasteiger partial charge >= 0.3 is 7.60 Å². The van der Waals surface area contributed by atoms with E-state index in [0.717, 1.165) is 44.9 Å². The van der Waals surface area contributed by atoms with Crippen molar-refractivity contribution < 1.29 is 41.0 Å². The first-order chi connectivity index (χ1) is 26.6. The van der Waals surface area contributed by atoms with Gasteiger partial charge < -0.3 is 13.6 Å². The highest BCUT2D eigenvalue weighted by Crippen LogP contribution is 2.51. The number of hydrogen-bond donors (Lipinski definition) is 0. The summed E-state index contributed by atoms with van der Waals surface area (Å²) in [6, 6.07) is 31.1. The van der Waals surface area contributed by atoms with Crippen molar-refractivity contribution in [3.8, 4) is 27.9 Å². The highest BCUT2D eigenvalue weighted by molar-refractivity contribution is 7.58. The molecule has 1 aromatic carbocycles. The predicted octanol–water partition coefficient (Wildman–Crippen LogP) is 7.36. The van der Waals surface area contributed by atoms with Gasteiger partial charge in [0.25, 0.3) is 0 Å². The molecule has 1 unspecified atom stereocenters. The van der Waals surface area contributed by atoms with Crippen LogP contribution in [0.4, 0.5) is 0 Å². The molecule has 0 fully saturated rings. The highest BCUT2D eigenvalue weighted by Gasteiger charge is 2.24. The van der Waals surface area contributed by atoms with E-state index in [1.165, 1.54) is 0 Å². The maximum Gasteiger partial charge on any atom is 0.335 e. The molecule has 0 spiro atoms. The molecule has 6 aromatic rings. The SMILES string of the molecule is CCOP(C)(=O)CC[n+]1ccc(-c2cc[n+](Cc3cccc(C[n+]4ccc(-c5cc[n+](-c6ccc(CP(=O)(OCC)OCC)cc6)cc5)cc4)n3)cc2)cc1. The van der Waals surface area contributed by atoms with Crippen LogP contribution in [0.1, 0.15) is 37.7 Å². The lowest BCUT2D eigenvalue weighted by atomic mass is 10.1. The predicted molar refractivity (Wildman–Crippen MR) is 213 cm³/mol. The second-order valence-electron chi connectivity index (χ2n) is 13.4. The highest BCUT2D eigenvalue weighted by atomic mass is 31.2. The fourth-order valence-corrected chi connectivity index (χ4v) is 9.30. The smallest absolute Gasteiger partial charge is 0.329 e. The lowest BCUT2D eigenvalue weighted by Crippen LogP contribution is -2.35. The molecular weight excluding hydrogens is 728 g/mol. The molecule has 0 aliphatic heterocycles. The molecule has 12 heteroatoms. The topological polar surface area (TPSA) is 90.2 Å². The normalized spacial score (nSPS) is 12.7. The fraction of sp³-hybridized carbons (Fsp3) is 0.279. The van der Waals surface area contributed by atoms with Gasteiger partial charge in [-0.1, -0.05) is 18.2 Å². The Morgan fingerprint density at radius 2 is 0.982 bits per heavy atom. The van der Waals surface area contributed by atoms with Gasteiger partial charge in [0.05, 0.1) is 32.1 Å². The van der Waals surface area contributed by atoms with Crippen LogP contribution in [0.15, 0.2) is 141 Å². The Morgan fingerprint density at radius 3 is 1.44 bits per heavy atom. The van der Waals surface area contributed by atoms with Crippen molar-refractivity contribution in [2.45, 2.75) is 46.6 Å². The molecule has 5 heterocycles. The van der Waals surface area contributed by atoms with Crippen LogP contribution in [0, 0.1) is 0 Å². The fourth-order valence-electron chi connectivity index (χ4n) is 6.33. The van der Waals surface area contributed by atoms with Crippen molar-refractivity contribution in [3.05, 3.63) is 158 Å². The van der Waals surface area contributed by atoms with Crippen LogP contribution in [0.5, 0.6) is 0 Å².